The number of fused-ring (bicyclic) bond motifs is 4. The van der Waals surface area contributed by atoms with Crippen molar-refractivity contribution in [3.05, 3.63) is 78.9 Å². The van der Waals surface area contributed by atoms with E-state index in [4.69, 9.17) is 4.74 Å². The van der Waals surface area contributed by atoms with Crippen molar-refractivity contribution in [2.24, 2.45) is 0 Å². The van der Waals surface area contributed by atoms with Gasteiger partial charge in [-0.1, -0.05) is 36.4 Å². The first kappa shape index (κ1) is 19.3. The SMILES string of the molecule is CCN(CCO)c1ccc2c3c(cc(Nc4ccccc4)c2c1)Oc1ccccc1N3. The summed E-state index contributed by atoms with van der Waals surface area (Å²) in [5.74, 6) is 1.61. The molecule has 0 radical (unpaired) electrons. The summed E-state index contributed by atoms with van der Waals surface area (Å²) in [6, 6.07) is 26.6. The zero-order chi connectivity index (χ0) is 21.2. The molecule has 0 unspecified atom stereocenters. The van der Waals surface area contributed by atoms with Gasteiger partial charge in [0, 0.05) is 41.3 Å². The normalized spacial score (nSPS) is 11.8. The van der Waals surface area contributed by atoms with Crippen molar-refractivity contribution in [2.45, 2.75) is 6.92 Å². The molecular weight excluding hydrogens is 386 g/mol. The monoisotopic (exact) mass is 411 g/mol. The van der Waals surface area contributed by atoms with Gasteiger partial charge in [-0.3, -0.25) is 0 Å². The molecule has 5 nitrogen and oxygen atoms in total. The number of para-hydroxylation sites is 3. The number of aliphatic hydroxyl groups excluding tert-OH is 1. The highest BCUT2D eigenvalue weighted by Gasteiger charge is 2.21. The Morgan fingerprint density at radius 3 is 2.52 bits per heavy atom. The van der Waals surface area contributed by atoms with E-state index in [1.54, 1.807) is 0 Å². The lowest BCUT2D eigenvalue weighted by atomic mass is 10.0. The van der Waals surface area contributed by atoms with E-state index in [0.717, 1.165) is 57.3 Å². The van der Waals surface area contributed by atoms with Gasteiger partial charge in [-0.05, 0) is 43.3 Å². The standard InChI is InChI=1S/C26H25N3O2/c1-2-29(14-15-30)19-12-13-20-21(16-19)23(27-18-8-4-3-5-9-18)17-25-26(20)28-22-10-6-7-11-24(22)31-25/h3-13,16-17,27-28,30H,2,14-15H2,1H3. The smallest absolute Gasteiger partial charge is 0.153 e. The molecule has 0 aromatic heterocycles. The third kappa shape index (κ3) is 3.64. The maximum atomic E-state index is 9.46. The topological polar surface area (TPSA) is 56.8 Å². The average Bonchev–Trinajstić information content (AvgIpc) is 2.82. The van der Waals surface area contributed by atoms with E-state index in [-0.39, 0.29) is 6.61 Å². The molecule has 5 heteroatoms. The van der Waals surface area contributed by atoms with Gasteiger partial charge < -0.3 is 25.4 Å². The number of anilines is 5. The average molecular weight is 412 g/mol. The lowest BCUT2D eigenvalue weighted by Gasteiger charge is -2.26. The Bertz CT molecular complexity index is 1220. The Morgan fingerprint density at radius 1 is 0.903 bits per heavy atom. The summed E-state index contributed by atoms with van der Waals surface area (Å²) < 4.78 is 6.26. The second-order valence-corrected chi connectivity index (χ2v) is 7.54. The second kappa shape index (κ2) is 8.20. The van der Waals surface area contributed by atoms with Crippen molar-refractivity contribution >= 4 is 39.2 Å². The molecule has 4 aromatic carbocycles. The van der Waals surface area contributed by atoms with Crippen molar-refractivity contribution in [1.82, 2.24) is 0 Å². The minimum Gasteiger partial charge on any atom is -0.453 e. The third-order valence-corrected chi connectivity index (χ3v) is 5.62. The molecule has 0 bridgehead atoms. The van der Waals surface area contributed by atoms with Gasteiger partial charge in [0.25, 0.3) is 0 Å². The van der Waals surface area contributed by atoms with Crippen LogP contribution in [0.2, 0.25) is 0 Å². The largest absolute Gasteiger partial charge is 0.453 e. The van der Waals surface area contributed by atoms with E-state index in [1.807, 2.05) is 54.6 Å². The Labute approximate surface area is 181 Å². The van der Waals surface area contributed by atoms with Gasteiger partial charge in [0.1, 0.15) is 0 Å². The second-order valence-electron chi connectivity index (χ2n) is 7.54. The van der Waals surface area contributed by atoms with E-state index in [2.05, 4.69) is 46.7 Å². The molecule has 0 aliphatic carbocycles. The van der Waals surface area contributed by atoms with Gasteiger partial charge in [-0.25, -0.2) is 0 Å². The van der Waals surface area contributed by atoms with Crippen LogP contribution in [-0.2, 0) is 0 Å². The molecule has 1 aliphatic rings. The maximum Gasteiger partial charge on any atom is 0.153 e. The molecular formula is C26H25N3O2. The van der Waals surface area contributed by atoms with Crippen LogP contribution in [0.5, 0.6) is 11.5 Å². The fourth-order valence-corrected chi connectivity index (χ4v) is 4.08. The van der Waals surface area contributed by atoms with E-state index in [0.29, 0.717) is 6.54 Å². The van der Waals surface area contributed by atoms with Crippen LogP contribution in [0.4, 0.5) is 28.4 Å². The van der Waals surface area contributed by atoms with Crippen molar-refractivity contribution in [3.63, 3.8) is 0 Å². The number of ether oxygens (including phenoxy) is 1. The van der Waals surface area contributed by atoms with Crippen LogP contribution in [0.15, 0.2) is 78.9 Å². The van der Waals surface area contributed by atoms with E-state index in [9.17, 15) is 5.11 Å². The Balaban J connectivity index is 1.67. The molecule has 0 atom stereocenters. The van der Waals surface area contributed by atoms with Crippen LogP contribution in [0.25, 0.3) is 10.8 Å². The summed E-state index contributed by atoms with van der Waals surface area (Å²) in [7, 11) is 0. The van der Waals surface area contributed by atoms with Crippen LogP contribution in [-0.4, -0.2) is 24.8 Å². The van der Waals surface area contributed by atoms with Gasteiger partial charge in [-0.15, -0.1) is 0 Å². The summed E-state index contributed by atoms with van der Waals surface area (Å²) in [5.41, 5.74) is 4.99. The molecule has 0 fully saturated rings. The Hall–Kier alpha value is -3.70. The number of likely N-dealkylation sites (N-methyl/N-ethyl adjacent to an activating group) is 1. The zero-order valence-electron chi connectivity index (χ0n) is 17.4. The van der Waals surface area contributed by atoms with Crippen molar-refractivity contribution < 1.29 is 9.84 Å². The minimum absolute atomic E-state index is 0.122. The zero-order valence-corrected chi connectivity index (χ0v) is 17.4. The van der Waals surface area contributed by atoms with Crippen molar-refractivity contribution in [2.75, 3.05) is 35.2 Å². The van der Waals surface area contributed by atoms with Crippen molar-refractivity contribution in [1.29, 1.82) is 0 Å². The summed E-state index contributed by atoms with van der Waals surface area (Å²) >= 11 is 0. The summed E-state index contributed by atoms with van der Waals surface area (Å²) in [6.45, 7) is 3.65. The molecule has 1 heterocycles. The summed E-state index contributed by atoms with van der Waals surface area (Å²) in [5, 5.41) is 18.7. The number of rotatable bonds is 6. The predicted octanol–water partition coefficient (Wildman–Crippen LogP) is 6.25. The Kier molecular flexibility index (Phi) is 5.10. The fourth-order valence-electron chi connectivity index (χ4n) is 4.08. The van der Waals surface area contributed by atoms with E-state index >= 15 is 0 Å². The van der Waals surface area contributed by atoms with Crippen LogP contribution >= 0.6 is 0 Å². The van der Waals surface area contributed by atoms with E-state index in [1.165, 1.54) is 0 Å². The highest BCUT2D eigenvalue weighted by Crippen LogP contribution is 2.48. The van der Waals surface area contributed by atoms with E-state index < -0.39 is 0 Å². The molecule has 3 N–H and O–H groups in total. The molecule has 0 amide bonds. The fraction of sp³-hybridized carbons (Fsp3) is 0.154. The summed E-state index contributed by atoms with van der Waals surface area (Å²) in [6.07, 6.45) is 0. The van der Waals surface area contributed by atoms with Gasteiger partial charge >= 0.3 is 0 Å². The Morgan fingerprint density at radius 2 is 1.71 bits per heavy atom. The first-order chi connectivity index (χ1) is 15.3. The number of nitrogens with zero attached hydrogens (tertiary/aromatic N) is 1. The number of aliphatic hydroxyl groups is 1. The van der Waals surface area contributed by atoms with Crippen LogP contribution < -0.4 is 20.3 Å². The first-order valence-corrected chi connectivity index (χ1v) is 10.6. The van der Waals surface area contributed by atoms with Gasteiger partial charge in [0.2, 0.25) is 0 Å². The molecule has 5 rings (SSSR count). The number of benzene rings is 4. The van der Waals surface area contributed by atoms with Gasteiger partial charge in [0.15, 0.2) is 11.5 Å². The molecule has 4 aromatic rings. The quantitative estimate of drug-likeness (QED) is 0.308. The molecule has 31 heavy (non-hydrogen) atoms. The number of hydrogen-bond donors (Lipinski definition) is 3. The maximum absolute atomic E-state index is 9.46. The van der Waals surface area contributed by atoms with Gasteiger partial charge in [0.05, 0.1) is 23.7 Å². The minimum atomic E-state index is 0.122. The van der Waals surface area contributed by atoms with Crippen LogP contribution in [0, 0.1) is 0 Å². The number of nitrogens with one attached hydrogen (secondary N) is 2. The first-order valence-electron chi connectivity index (χ1n) is 10.6. The van der Waals surface area contributed by atoms with Gasteiger partial charge in [-0.2, -0.15) is 0 Å². The highest BCUT2D eigenvalue weighted by molar-refractivity contribution is 6.08. The molecule has 156 valence electrons. The molecule has 0 saturated heterocycles. The molecule has 1 aliphatic heterocycles. The molecule has 0 spiro atoms. The number of hydrogen-bond acceptors (Lipinski definition) is 5. The summed E-state index contributed by atoms with van der Waals surface area (Å²) in [4.78, 5) is 2.17. The highest BCUT2D eigenvalue weighted by atomic mass is 16.5. The van der Waals surface area contributed by atoms with Crippen molar-refractivity contribution in [3.8, 4) is 11.5 Å². The van der Waals surface area contributed by atoms with Crippen LogP contribution in [0.3, 0.4) is 0 Å². The molecule has 0 saturated carbocycles. The lowest BCUT2D eigenvalue weighted by Crippen LogP contribution is -2.26. The predicted molar refractivity (Wildman–Crippen MR) is 128 cm³/mol. The lowest BCUT2D eigenvalue weighted by molar-refractivity contribution is 0.302. The third-order valence-electron chi connectivity index (χ3n) is 5.62. The van der Waals surface area contributed by atoms with Crippen LogP contribution in [0.1, 0.15) is 6.92 Å².